The fraction of sp³-hybridized carbons (Fsp3) is 0.778. The number of rotatable bonds is 3. The van der Waals surface area contributed by atoms with Gasteiger partial charge < -0.3 is 10.6 Å². The molecule has 0 aromatic rings. The van der Waals surface area contributed by atoms with E-state index in [4.69, 9.17) is 0 Å². The molecule has 4 nitrogen and oxygen atoms in total. The van der Waals surface area contributed by atoms with Crippen molar-refractivity contribution in [1.82, 2.24) is 10.6 Å². The van der Waals surface area contributed by atoms with Crippen LogP contribution in [0.3, 0.4) is 0 Å². The molecule has 80 valence electrons. The normalized spacial score (nSPS) is 21.9. The number of carbonyl (C=O) groups is 2. The Labute approximate surface area is 91.9 Å². The van der Waals surface area contributed by atoms with Gasteiger partial charge in [0.25, 0.3) is 0 Å². The van der Waals surface area contributed by atoms with Crippen molar-refractivity contribution in [2.45, 2.75) is 37.1 Å². The van der Waals surface area contributed by atoms with Crippen LogP contribution in [-0.4, -0.2) is 28.7 Å². The van der Waals surface area contributed by atoms with Gasteiger partial charge in [-0.2, -0.15) is 0 Å². The van der Waals surface area contributed by atoms with Gasteiger partial charge in [-0.15, -0.1) is 0 Å². The fourth-order valence-corrected chi connectivity index (χ4v) is 1.40. The minimum atomic E-state index is -0.546. The molecule has 5 heteroatoms. The molecule has 14 heavy (non-hydrogen) atoms. The zero-order chi connectivity index (χ0) is 10.8. The fourth-order valence-electron chi connectivity index (χ4n) is 1.26. The van der Waals surface area contributed by atoms with Gasteiger partial charge in [0.2, 0.25) is 11.8 Å². The van der Waals surface area contributed by atoms with E-state index in [2.05, 4.69) is 26.6 Å². The second-order valence-electron chi connectivity index (χ2n) is 3.99. The summed E-state index contributed by atoms with van der Waals surface area (Å²) in [6.07, 6.45) is 1.38. The molecule has 1 aliphatic rings. The van der Waals surface area contributed by atoms with E-state index < -0.39 is 4.32 Å². The van der Waals surface area contributed by atoms with E-state index in [0.29, 0.717) is 13.0 Å². The standard InChI is InChI=1S/C9H15BrN2O2/c1-9(2,10)8(14)11-5-6-3-4-7(13)12-6/h6H,3-5H2,1-2H3,(H,11,14)(H,12,13). The summed E-state index contributed by atoms with van der Waals surface area (Å²) >= 11 is 3.27. The second-order valence-corrected chi connectivity index (χ2v) is 5.97. The number of alkyl halides is 1. The van der Waals surface area contributed by atoms with Crippen LogP contribution >= 0.6 is 15.9 Å². The predicted octanol–water partition coefficient (Wildman–Crippen LogP) is 0.555. The van der Waals surface area contributed by atoms with Crippen LogP contribution in [0.2, 0.25) is 0 Å². The summed E-state index contributed by atoms with van der Waals surface area (Å²) in [5, 5.41) is 5.58. The maximum absolute atomic E-state index is 11.4. The summed E-state index contributed by atoms with van der Waals surface area (Å²) in [6, 6.07) is 0.0984. The summed E-state index contributed by atoms with van der Waals surface area (Å²) in [5.41, 5.74) is 0. The summed E-state index contributed by atoms with van der Waals surface area (Å²) in [5.74, 6) is 0.0148. The number of amides is 2. The molecule has 0 bridgehead atoms. The van der Waals surface area contributed by atoms with Crippen LogP contribution in [0, 0.1) is 0 Å². The van der Waals surface area contributed by atoms with Crippen LogP contribution in [0.4, 0.5) is 0 Å². The third kappa shape index (κ3) is 3.29. The molecule has 1 rings (SSSR count). The van der Waals surface area contributed by atoms with Crippen LogP contribution in [0.1, 0.15) is 26.7 Å². The van der Waals surface area contributed by atoms with E-state index in [-0.39, 0.29) is 17.9 Å². The molecule has 0 aromatic carbocycles. The first-order chi connectivity index (χ1) is 6.39. The van der Waals surface area contributed by atoms with Gasteiger partial charge in [0, 0.05) is 19.0 Å². The Bertz CT molecular complexity index is 248. The Balaban J connectivity index is 2.28. The molecule has 0 radical (unpaired) electrons. The van der Waals surface area contributed by atoms with Crippen molar-refractivity contribution in [3.63, 3.8) is 0 Å². The van der Waals surface area contributed by atoms with Crippen LogP contribution in [-0.2, 0) is 9.59 Å². The lowest BCUT2D eigenvalue weighted by Crippen LogP contribution is -2.44. The van der Waals surface area contributed by atoms with Gasteiger partial charge in [-0.25, -0.2) is 0 Å². The Morgan fingerprint density at radius 2 is 2.36 bits per heavy atom. The van der Waals surface area contributed by atoms with Crippen molar-refractivity contribution in [3.8, 4) is 0 Å². The number of carbonyl (C=O) groups excluding carboxylic acids is 2. The molecule has 0 spiro atoms. The Hall–Kier alpha value is -0.580. The smallest absolute Gasteiger partial charge is 0.236 e. The quantitative estimate of drug-likeness (QED) is 0.731. The van der Waals surface area contributed by atoms with Crippen LogP contribution in [0.25, 0.3) is 0 Å². The summed E-state index contributed by atoms with van der Waals surface area (Å²) in [4.78, 5) is 22.3. The Morgan fingerprint density at radius 3 is 2.79 bits per heavy atom. The number of hydrogen-bond acceptors (Lipinski definition) is 2. The highest BCUT2D eigenvalue weighted by atomic mass is 79.9. The van der Waals surface area contributed by atoms with Gasteiger partial charge in [-0.05, 0) is 20.3 Å². The van der Waals surface area contributed by atoms with Crippen molar-refractivity contribution >= 4 is 27.7 Å². The molecule has 2 amide bonds. The van der Waals surface area contributed by atoms with E-state index in [0.717, 1.165) is 6.42 Å². The summed E-state index contributed by atoms with van der Waals surface area (Å²) in [7, 11) is 0. The molecule has 1 aliphatic heterocycles. The summed E-state index contributed by atoms with van der Waals surface area (Å²) < 4.78 is -0.546. The van der Waals surface area contributed by atoms with E-state index >= 15 is 0 Å². The molecule has 1 fully saturated rings. The minimum absolute atomic E-state index is 0.0568. The molecule has 1 saturated heterocycles. The number of hydrogen-bond donors (Lipinski definition) is 2. The largest absolute Gasteiger partial charge is 0.353 e. The molecule has 1 heterocycles. The minimum Gasteiger partial charge on any atom is -0.353 e. The van der Waals surface area contributed by atoms with Crippen LogP contribution < -0.4 is 10.6 Å². The maximum Gasteiger partial charge on any atom is 0.236 e. The number of halogens is 1. The molecular weight excluding hydrogens is 248 g/mol. The van der Waals surface area contributed by atoms with E-state index in [1.54, 1.807) is 13.8 Å². The van der Waals surface area contributed by atoms with Crippen LogP contribution in [0.15, 0.2) is 0 Å². The van der Waals surface area contributed by atoms with Crippen molar-refractivity contribution in [3.05, 3.63) is 0 Å². The van der Waals surface area contributed by atoms with Gasteiger partial charge >= 0.3 is 0 Å². The SMILES string of the molecule is CC(C)(Br)C(=O)NCC1CCC(=O)N1. The average molecular weight is 263 g/mol. The van der Waals surface area contributed by atoms with Gasteiger partial charge in [0.15, 0.2) is 0 Å². The molecule has 0 aromatic heterocycles. The van der Waals surface area contributed by atoms with E-state index in [1.165, 1.54) is 0 Å². The lowest BCUT2D eigenvalue weighted by molar-refractivity contribution is -0.123. The Kier molecular flexibility index (Phi) is 3.53. The first-order valence-corrected chi connectivity index (χ1v) is 5.45. The maximum atomic E-state index is 11.4. The van der Waals surface area contributed by atoms with Crippen molar-refractivity contribution < 1.29 is 9.59 Å². The van der Waals surface area contributed by atoms with E-state index in [1.807, 2.05) is 0 Å². The van der Waals surface area contributed by atoms with Crippen LogP contribution in [0.5, 0.6) is 0 Å². The molecule has 0 saturated carbocycles. The number of nitrogens with one attached hydrogen (secondary N) is 2. The predicted molar refractivity (Wildman–Crippen MR) is 57.2 cm³/mol. The highest BCUT2D eigenvalue weighted by Crippen LogP contribution is 2.15. The molecular formula is C9H15BrN2O2. The van der Waals surface area contributed by atoms with Gasteiger partial charge in [-0.3, -0.25) is 9.59 Å². The average Bonchev–Trinajstić information content (AvgIpc) is 2.45. The highest BCUT2D eigenvalue weighted by Gasteiger charge is 2.26. The van der Waals surface area contributed by atoms with Crippen molar-refractivity contribution in [2.24, 2.45) is 0 Å². The second kappa shape index (κ2) is 4.29. The monoisotopic (exact) mass is 262 g/mol. The van der Waals surface area contributed by atoms with Gasteiger partial charge in [0.05, 0.1) is 4.32 Å². The lowest BCUT2D eigenvalue weighted by Gasteiger charge is -2.18. The molecule has 1 unspecified atom stereocenters. The topological polar surface area (TPSA) is 58.2 Å². The first kappa shape index (κ1) is 11.5. The van der Waals surface area contributed by atoms with E-state index in [9.17, 15) is 9.59 Å². The zero-order valence-corrected chi connectivity index (χ0v) is 9.98. The molecule has 2 N–H and O–H groups in total. The Morgan fingerprint density at radius 1 is 1.71 bits per heavy atom. The highest BCUT2D eigenvalue weighted by molar-refractivity contribution is 9.10. The first-order valence-electron chi connectivity index (χ1n) is 4.66. The van der Waals surface area contributed by atoms with Gasteiger partial charge in [-0.1, -0.05) is 15.9 Å². The third-order valence-electron chi connectivity index (χ3n) is 2.13. The van der Waals surface area contributed by atoms with Crippen molar-refractivity contribution in [1.29, 1.82) is 0 Å². The zero-order valence-electron chi connectivity index (χ0n) is 8.39. The molecule has 0 aliphatic carbocycles. The summed E-state index contributed by atoms with van der Waals surface area (Å²) in [6.45, 7) is 4.09. The molecule has 1 atom stereocenters. The van der Waals surface area contributed by atoms with Crippen molar-refractivity contribution in [2.75, 3.05) is 6.54 Å². The van der Waals surface area contributed by atoms with Gasteiger partial charge in [0.1, 0.15) is 0 Å². The third-order valence-corrected chi connectivity index (χ3v) is 2.49. The lowest BCUT2D eigenvalue weighted by atomic mass is 10.2.